The summed E-state index contributed by atoms with van der Waals surface area (Å²) < 4.78 is 6.10. The Morgan fingerprint density at radius 2 is 2.12 bits per heavy atom. The molecule has 3 rings (SSSR count). The summed E-state index contributed by atoms with van der Waals surface area (Å²) in [7, 11) is 0. The van der Waals surface area contributed by atoms with Crippen LogP contribution in [0.3, 0.4) is 0 Å². The lowest BCUT2D eigenvalue weighted by molar-refractivity contribution is -0.166. The van der Waals surface area contributed by atoms with Gasteiger partial charge < -0.3 is 15.0 Å². The van der Waals surface area contributed by atoms with E-state index in [0.717, 1.165) is 24.0 Å². The van der Waals surface area contributed by atoms with Gasteiger partial charge in [0.1, 0.15) is 5.60 Å². The summed E-state index contributed by atoms with van der Waals surface area (Å²) in [5, 5.41) is 2.99. The summed E-state index contributed by atoms with van der Waals surface area (Å²) in [5.41, 5.74) is 1.68. The van der Waals surface area contributed by atoms with Gasteiger partial charge in [0.05, 0.1) is 19.7 Å². The van der Waals surface area contributed by atoms with Crippen LogP contribution in [-0.2, 0) is 9.53 Å². The Bertz CT molecular complexity index is 640. The Balaban J connectivity index is 1.45. The quantitative estimate of drug-likeness (QED) is 0.912. The van der Waals surface area contributed by atoms with Crippen molar-refractivity contribution >= 4 is 11.8 Å². The summed E-state index contributed by atoms with van der Waals surface area (Å²) in [6.45, 7) is 8.47. The number of ether oxygens (including phenoxy) is 1. The van der Waals surface area contributed by atoms with Crippen LogP contribution < -0.4 is 5.32 Å². The highest BCUT2D eigenvalue weighted by molar-refractivity contribution is 5.95. The van der Waals surface area contributed by atoms with Crippen LogP contribution >= 0.6 is 0 Å². The first-order chi connectivity index (χ1) is 11.9. The monoisotopic (exact) mass is 344 g/mol. The van der Waals surface area contributed by atoms with Crippen LogP contribution in [-0.4, -0.2) is 48.6 Å². The van der Waals surface area contributed by atoms with Gasteiger partial charge in [-0.3, -0.25) is 9.59 Å². The van der Waals surface area contributed by atoms with E-state index in [2.05, 4.69) is 5.32 Å². The van der Waals surface area contributed by atoms with Gasteiger partial charge in [-0.15, -0.1) is 0 Å². The van der Waals surface area contributed by atoms with Gasteiger partial charge in [0.15, 0.2) is 0 Å². The zero-order valence-corrected chi connectivity index (χ0v) is 15.4. The fourth-order valence-electron chi connectivity index (χ4n) is 3.53. The lowest BCUT2D eigenvalue weighted by atomic mass is 9.82. The standard InChI is InChI=1S/C20H28N2O3/c1-14(2)18(23)21-10-16-7-8-20(25-11-16)12-22(13-20)19(24)17-6-4-5-15(3)9-17/h4-6,9,14,16H,7-8,10-13H2,1-3H3,(H,21,23)/t16-/m0/s1. The second-order valence-electron chi connectivity index (χ2n) is 7.83. The fourth-order valence-corrected chi connectivity index (χ4v) is 3.53. The topological polar surface area (TPSA) is 58.6 Å². The van der Waals surface area contributed by atoms with Gasteiger partial charge in [-0.1, -0.05) is 31.5 Å². The fraction of sp³-hybridized carbons (Fsp3) is 0.600. The molecule has 136 valence electrons. The Hall–Kier alpha value is -1.88. The van der Waals surface area contributed by atoms with Crippen molar-refractivity contribution in [2.24, 2.45) is 11.8 Å². The largest absolute Gasteiger partial charge is 0.371 e. The molecule has 2 fully saturated rings. The second kappa shape index (κ2) is 7.16. The molecule has 0 radical (unpaired) electrons. The molecular formula is C20H28N2O3. The molecule has 2 aliphatic rings. The summed E-state index contributed by atoms with van der Waals surface area (Å²) in [6.07, 6.45) is 1.98. The molecular weight excluding hydrogens is 316 g/mol. The summed E-state index contributed by atoms with van der Waals surface area (Å²) in [5.74, 6) is 0.571. The highest BCUT2D eigenvalue weighted by atomic mass is 16.5. The van der Waals surface area contributed by atoms with Crippen LogP contribution in [0, 0.1) is 18.8 Å². The van der Waals surface area contributed by atoms with Gasteiger partial charge in [-0.25, -0.2) is 0 Å². The molecule has 1 atom stereocenters. The number of rotatable bonds is 4. The lowest BCUT2D eigenvalue weighted by Crippen LogP contribution is -2.66. The highest BCUT2D eigenvalue weighted by Gasteiger charge is 2.48. The SMILES string of the molecule is Cc1cccc(C(=O)N2CC3(CC[C@@H](CNC(=O)C(C)C)CO3)C2)c1. The van der Waals surface area contributed by atoms with E-state index < -0.39 is 0 Å². The molecule has 25 heavy (non-hydrogen) atoms. The Labute approximate surface area is 149 Å². The Morgan fingerprint density at radius 3 is 2.72 bits per heavy atom. The first-order valence-corrected chi connectivity index (χ1v) is 9.16. The number of hydrogen-bond acceptors (Lipinski definition) is 3. The average molecular weight is 344 g/mol. The van der Waals surface area contributed by atoms with Crippen LogP contribution in [0.2, 0.25) is 0 Å². The van der Waals surface area contributed by atoms with Gasteiger partial charge in [-0.2, -0.15) is 0 Å². The van der Waals surface area contributed by atoms with Gasteiger partial charge >= 0.3 is 0 Å². The van der Waals surface area contributed by atoms with Gasteiger partial charge in [0.2, 0.25) is 5.91 Å². The zero-order valence-electron chi connectivity index (χ0n) is 15.4. The number of carbonyl (C=O) groups is 2. The molecule has 2 heterocycles. The lowest BCUT2D eigenvalue weighted by Gasteiger charge is -2.52. The van der Waals surface area contributed by atoms with Crippen LogP contribution in [0.4, 0.5) is 0 Å². The molecule has 0 bridgehead atoms. The Morgan fingerprint density at radius 1 is 1.36 bits per heavy atom. The minimum atomic E-state index is -0.169. The molecule has 5 heteroatoms. The van der Waals surface area contributed by atoms with Crippen LogP contribution in [0.5, 0.6) is 0 Å². The summed E-state index contributed by atoms with van der Waals surface area (Å²) in [4.78, 5) is 26.1. The van der Waals surface area contributed by atoms with Crippen molar-refractivity contribution in [1.29, 1.82) is 0 Å². The summed E-state index contributed by atoms with van der Waals surface area (Å²) in [6, 6.07) is 7.72. The molecule has 5 nitrogen and oxygen atoms in total. The molecule has 0 unspecified atom stereocenters. The normalized spacial score (nSPS) is 21.9. The first-order valence-electron chi connectivity index (χ1n) is 9.16. The van der Waals surface area contributed by atoms with Crippen molar-refractivity contribution in [3.05, 3.63) is 35.4 Å². The molecule has 0 aliphatic carbocycles. The minimum Gasteiger partial charge on any atom is -0.371 e. The molecule has 1 aromatic rings. The number of likely N-dealkylation sites (tertiary alicyclic amines) is 1. The maximum atomic E-state index is 12.5. The predicted molar refractivity (Wildman–Crippen MR) is 96.3 cm³/mol. The van der Waals surface area contributed by atoms with E-state index in [4.69, 9.17) is 4.74 Å². The van der Waals surface area contributed by atoms with E-state index in [1.807, 2.05) is 49.9 Å². The molecule has 1 aromatic carbocycles. The maximum Gasteiger partial charge on any atom is 0.254 e. The first kappa shape index (κ1) is 17.9. The number of aryl methyl sites for hydroxylation is 1. The zero-order chi connectivity index (χ0) is 18.0. The number of nitrogens with one attached hydrogen (secondary N) is 1. The van der Waals surface area contributed by atoms with Crippen molar-refractivity contribution in [3.63, 3.8) is 0 Å². The van der Waals surface area contributed by atoms with Crippen molar-refractivity contribution in [1.82, 2.24) is 10.2 Å². The van der Waals surface area contributed by atoms with E-state index in [1.165, 1.54) is 0 Å². The van der Waals surface area contributed by atoms with Crippen LogP contribution in [0.25, 0.3) is 0 Å². The van der Waals surface area contributed by atoms with E-state index in [1.54, 1.807) is 0 Å². The van der Waals surface area contributed by atoms with Crippen molar-refractivity contribution < 1.29 is 14.3 Å². The van der Waals surface area contributed by atoms with Crippen LogP contribution in [0.1, 0.15) is 42.6 Å². The van der Waals surface area contributed by atoms with Gasteiger partial charge in [0, 0.05) is 18.0 Å². The molecule has 0 saturated carbocycles. The molecule has 1 N–H and O–H groups in total. The molecule has 2 amide bonds. The molecule has 2 saturated heterocycles. The van der Waals surface area contributed by atoms with E-state index >= 15 is 0 Å². The van der Waals surface area contributed by atoms with Crippen molar-refractivity contribution in [3.8, 4) is 0 Å². The number of nitrogens with zero attached hydrogens (tertiary/aromatic N) is 1. The van der Waals surface area contributed by atoms with Gasteiger partial charge in [-0.05, 0) is 37.8 Å². The van der Waals surface area contributed by atoms with Crippen molar-refractivity contribution in [2.45, 2.75) is 39.2 Å². The minimum absolute atomic E-state index is 0.0173. The third-order valence-electron chi connectivity index (χ3n) is 5.23. The maximum absolute atomic E-state index is 12.5. The molecule has 1 spiro atoms. The van der Waals surface area contributed by atoms with E-state index in [-0.39, 0.29) is 23.3 Å². The smallest absolute Gasteiger partial charge is 0.254 e. The van der Waals surface area contributed by atoms with Crippen molar-refractivity contribution in [2.75, 3.05) is 26.2 Å². The average Bonchev–Trinajstić information content (AvgIpc) is 2.57. The van der Waals surface area contributed by atoms with E-state index in [9.17, 15) is 9.59 Å². The molecule has 2 aliphatic heterocycles. The number of amides is 2. The third-order valence-corrected chi connectivity index (χ3v) is 5.23. The number of benzene rings is 1. The number of hydrogen-bond donors (Lipinski definition) is 1. The van der Waals surface area contributed by atoms with Gasteiger partial charge in [0.25, 0.3) is 5.91 Å². The van der Waals surface area contributed by atoms with E-state index in [0.29, 0.717) is 32.2 Å². The predicted octanol–water partition coefficient (Wildman–Crippen LogP) is 2.39. The Kier molecular flexibility index (Phi) is 5.13. The van der Waals surface area contributed by atoms with Crippen LogP contribution in [0.15, 0.2) is 24.3 Å². The highest BCUT2D eigenvalue weighted by Crippen LogP contribution is 2.36. The third kappa shape index (κ3) is 4.03. The molecule has 0 aromatic heterocycles. The summed E-state index contributed by atoms with van der Waals surface area (Å²) >= 11 is 0. The number of carbonyl (C=O) groups excluding carboxylic acids is 2. The second-order valence-corrected chi connectivity index (χ2v) is 7.83.